The van der Waals surface area contributed by atoms with Crippen molar-refractivity contribution >= 4 is 11.6 Å². The first-order chi connectivity index (χ1) is 12.4. The summed E-state index contributed by atoms with van der Waals surface area (Å²) >= 11 is 0. The molecular formula is C23H38N2O. The van der Waals surface area contributed by atoms with Gasteiger partial charge in [0.25, 0.3) is 0 Å². The lowest BCUT2D eigenvalue weighted by Gasteiger charge is -2.45. The number of unbranched alkanes of at least 4 members (excludes halogenated alkanes) is 3. The predicted molar refractivity (Wildman–Crippen MR) is 112 cm³/mol. The van der Waals surface area contributed by atoms with Gasteiger partial charge in [0.1, 0.15) is 0 Å². The van der Waals surface area contributed by atoms with Gasteiger partial charge < -0.3 is 10.2 Å². The van der Waals surface area contributed by atoms with E-state index in [1.165, 1.54) is 57.3 Å². The molecule has 2 rings (SSSR count). The Bertz CT molecular complexity index is 583. The van der Waals surface area contributed by atoms with Crippen molar-refractivity contribution < 1.29 is 4.79 Å². The van der Waals surface area contributed by atoms with Gasteiger partial charge in [-0.15, -0.1) is 0 Å². The summed E-state index contributed by atoms with van der Waals surface area (Å²) in [5.74, 6) is 0.699. The van der Waals surface area contributed by atoms with Crippen molar-refractivity contribution in [3.63, 3.8) is 0 Å². The number of amides is 1. The smallest absolute Gasteiger partial charge is 0.226 e. The molecule has 1 amide bonds. The third kappa shape index (κ3) is 5.33. The van der Waals surface area contributed by atoms with Crippen molar-refractivity contribution in [1.82, 2.24) is 4.90 Å². The van der Waals surface area contributed by atoms with Crippen molar-refractivity contribution in [3.05, 3.63) is 29.8 Å². The average Bonchev–Trinajstić information content (AvgIpc) is 2.62. The third-order valence-electron chi connectivity index (χ3n) is 6.21. The van der Waals surface area contributed by atoms with Crippen LogP contribution in [0.25, 0.3) is 0 Å². The van der Waals surface area contributed by atoms with Gasteiger partial charge in [-0.25, -0.2) is 0 Å². The number of carbonyl (C=O) groups is 1. The fourth-order valence-electron chi connectivity index (χ4n) is 3.95. The highest BCUT2D eigenvalue weighted by Gasteiger charge is 2.37. The molecule has 26 heavy (non-hydrogen) atoms. The molecule has 0 spiro atoms. The number of hydrogen-bond donors (Lipinski definition) is 1. The molecule has 146 valence electrons. The molecule has 1 aromatic carbocycles. The highest BCUT2D eigenvalue weighted by molar-refractivity contribution is 5.92. The molecular weight excluding hydrogens is 320 g/mol. The van der Waals surface area contributed by atoms with E-state index >= 15 is 0 Å². The second-order valence-corrected chi connectivity index (χ2v) is 8.65. The van der Waals surface area contributed by atoms with Crippen LogP contribution in [0.3, 0.4) is 0 Å². The van der Waals surface area contributed by atoms with Crippen molar-refractivity contribution in [2.45, 2.75) is 72.1 Å². The van der Waals surface area contributed by atoms with Gasteiger partial charge in [0.05, 0.1) is 0 Å². The van der Waals surface area contributed by atoms with E-state index in [9.17, 15) is 4.79 Å². The molecule has 3 heteroatoms. The second-order valence-electron chi connectivity index (χ2n) is 8.65. The molecule has 1 heterocycles. The number of nitrogens with one attached hydrogen (secondary N) is 1. The average molecular weight is 359 g/mol. The Morgan fingerprint density at radius 2 is 2.08 bits per heavy atom. The molecule has 1 aliphatic heterocycles. The lowest BCUT2D eigenvalue weighted by molar-refractivity contribution is -0.118. The molecule has 2 unspecified atom stereocenters. The zero-order valence-corrected chi connectivity index (χ0v) is 17.5. The Morgan fingerprint density at radius 3 is 2.73 bits per heavy atom. The summed E-state index contributed by atoms with van der Waals surface area (Å²) in [6.45, 7) is 14.5. The first-order valence-corrected chi connectivity index (χ1v) is 10.5. The molecule has 0 bridgehead atoms. The summed E-state index contributed by atoms with van der Waals surface area (Å²) in [5, 5.41) is 3.05. The minimum atomic E-state index is 0.00381. The zero-order chi connectivity index (χ0) is 19.2. The van der Waals surface area contributed by atoms with Gasteiger partial charge in [-0.1, -0.05) is 66.0 Å². The van der Waals surface area contributed by atoms with Crippen LogP contribution in [-0.2, 0) is 10.2 Å². The molecule has 0 saturated carbocycles. The predicted octanol–water partition coefficient (Wildman–Crippen LogP) is 5.46. The summed E-state index contributed by atoms with van der Waals surface area (Å²) < 4.78 is 0. The van der Waals surface area contributed by atoms with E-state index in [2.05, 4.69) is 49.2 Å². The van der Waals surface area contributed by atoms with E-state index in [-0.39, 0.29) is 17.2 Å². The van der Waals surface area contributed by atoms with Crippen LogP contribution in [0.2, 0.25) is 0 Å². The van der Waals surface area contributed by atoms with Gasteiger partial charge in [-0.2, -0.15) is 0 Å². The van der Waals surface area contributed by atoms with Crippen LogP contribution in [0.15, 0.2) is 24.3 Å². The standard InChI is InChI=1S/C23H38N2O/c1-6-7-8-9-14-25-15-13-23(5,19(4)17-25)20-11-10-12-21(16-20)24-22(26)18(2)3/h10-12,16,18-19H,6-9,13-15,17H2,1-5H3,(H,24,26). The van der Waals surface area contributed by atoms with E-state index in [0.29, 0.717) is 5.92 Å². The van der Waals surface area contributed by atoms with E-state index in [4.69, 9.17) is 0 Å². The third-order valence-corrected chi connectivity index (χ3v) is 6.21. The molecule has 1 saturated heterocycles. The molecule has 1 N–H and O–H groups in total. The Morgan fingerprint density at radius 1 is 1.31 bits per heavy atom. The number of rotatable bonds is 8. The zero-order valence-electron chi connectivity index (χ0n) is 17.5. The number of nitrogens with zero attached hydrogens (tertiary/aromatic N) is 1. The topological polar surface area (TPSA) is 32.3 Å². The minimum Gasteiger partial charge on any atom is -0.326 e. The van der Waals surface area contributed by atoms with Crippen LogP contribution >= 0.6 is 0 Å². The quantitative estimate of drug-likeness (QED) is 0.626. The maximum atomic E-state index is 12.0. The van der Waals surface area contributed by atoms with Crippen molar-refractivity contribution in [2.75, 3.05) is 25.0 Å². The summed E-state index contributed by atoms with van der Waals surface area (Å²) in [6.07, 6.45) is 6.53. The number of hydrogen-bond acceptors (Lipinski definition) is 2. The van der Waals surface area contributed by atoms with E-state index in [1.807, 2.05) is 19.9 Å². The molecule has 1 aliphatic rings. The highest BCUT2D eigenvalue weighted by atomic mass is 16.1. The fourth-order valence-corrected chi connectivity index (χ4v) is 3.95. The van der Waals surface area contributed by atoms with Crippen molar-refractivity contribution in [1.29, 1.82) is 0 Å². The Kier molecular flexibility index (Phi) is 7.69. The maximum absolute atomic E-state index is 12.0. The molecule has 1 fully saturated rings. The Balaban J connectivity index is 2.01. The number of piperidine rings is 1. The van der Waals surface area contributed by atoms with Gasteiger partial charge in [0.15, 0.2) is 0 Å². The number of likely N-dealkylation sites (tertiary alicyclic amines) is 1. The number of carbonyl (C=O) groups excluding carboxylic acids is 1. The Labute approximate surface area is 160 Å². The van der Waals surface area contributed by atoms with Gasteiger partial charge >= 0.3 is 0 Å². The maximum Gasteiger partial charge on any atom is 0.226 e. The molecule has 0 aromatic heterocycles. The van der Waals surface area contributed by atoms with Crippen LogP contribution in [0.4, 0.5) is 5.69 Å². The second kappa shape index (κ2) is 9.55. The number of anilines is 1. The fraction of sp³-hybridized carbons (Fsp3) is 0.696. The van der Waals surface area contributed by atoms with E-state index in [0.717, 1.165) is 5.69 Å². The van der Waals surface area contributed by atoms with Crippen molar-refractivity contribution in [3.8, 4) is 0 Å². The summed E-state index contributed by atoms with van der Waals surface area (Å²) in [5.41, 5.74) is 2.46. The first kappa shape index (κ1) is 21.0. The van der Waals surface area contributed by atoms with Crippen LogP contribution < -0.4 is 5.32 Å². The van der Waals surface area contributed by atoms with Gasteiger partial charge in [0, 0.05) is 18.2 Å². The largest absolute Gasteiger partial charge is 0.326 e. The first-order valence-electron chi connectivity index (χ1n) is 10.5. The van der Waals surface area contributed by atoms with Crippen LogP contribution in [0.5, 0.6) is 0 Å². The number of benzene rings is 1. The molecule has 0 aliphatic carbocycles. The van der Waals surface area contributed by atoms with Crippen LogP contribution in [0, 0.1) is 11.8 Å². The van der Waals surface area contributed by atoms with Crippen molar-refractivity contribution in [2.24, 2.45) is 11.8 Å². The minimum absolute atomic E-state index is 0.00381. The van der Waals surface area contributed by atoms with Gasteiger partial charge in [0.2, 0.25) is 5.91 Å². The lowest BCUT2D eigenvalue weighted by Crippen LogP contribution is -2.47. The highest BCUT2D eigenvalue weighted by Crippen LogP contribution is 2.40. The summed E-state index contributed by atoms with van der Waals surface area (Å²) in [7, 11) is 0. The summed E-state index contributed by atoms with van der Waals surface area (Å²) in [6, 6.07) is 8.51. The Hall–Kier alpha value is -1.35. The SMILES string of the molecule is CCCCCCN1CCC(C)(c2cccc(NC(=O)C(C)C)c2)C(C)C1. The van der Waals surface area contributed by atoms with Gasteiger partial charge in [-0.3, -0.25) is 4.79 Å². The monoisotopic (exact) mass is 358 g/mol. The van der Waals surface area contributed by atoms with Gasteiger partial charge in [-0.05, 0) is 55.0 Å². The molecule has 3 nitrogen and oxygen atoms in total. The van der Waals surface area contributed by atoms with Crippen LogP contribution in [-0.4, -0.2) is 30.4 Å². The molecule has 0 radical (unpaired) electrons. The molecule has 1 aromatic rings. The molecule has 2 atom stereocenters. The lowest BCUT2D eigenvalue weighted by atomic mass is 9.68. The van der Waals surface area contributed by atoms with E-state index in [1.54, 1.807) is 0 Å². The normalized spacial score (nSPS) is 24.0. The van der Waals surface area contributed by atoms with Crippen LogP contribution in [0.1, 0.15) is 72.3 Å². The van der Waals surface area contributed by atoms with E-state index < -0.39 is 0 Å². The summed E-state index contributed by atoms with van der Waals surface area (Å²) in [4.78, 5) is 14.7.